The van der Waals surface area contributed by atoms with Crippen molar-refractivity contribution in [3.8, 4) is 23.1 Å². The van der Waals surface area contributed by atoms with E-state index in [1.165, 1.54) is 6.42 Å². The molecule has 0 unspecified atom stereocenters. The monoisotopic (exact) mass is 463 g/mol. The quantitative estimate of drug-likeness (QED) is 0.400. The molecule has 2 aromatic carbocycles. The molecule has 1 aromatic heterocycles. The SMILES string of the molecule is CSCOc1ccc2c(C#N)c(-c3ccc(NC(=O)OC(C)(C)C)cc3)n(C3CCC3)c2c1. The predicted molar refractivity (Wildman–Crippen MR) is 134 cm³/mol. The van der Waals surface area contributed by atoms with Crippen molar-refractivity contribution in [1.29, 1.82) is 5.26 Å². The first-order valence-corrected chi connectivity index (χ1v) is 12.5. The van der Waals surface area contributed by atoms with Crippen molar-refractivity contribution < 1.29 is 14.3 Å². The number of rotatable bonds is 6. The summed E-state index contributed by atoms with van der Waals surface area (Å²) in [6, 6.07) is 16.3. The number of carbonyl (C=O) groups excluding carboxylic acids is 1. The number of thioether (sulfide) groups is 1. The van der Waals surface area contributed by atoms with Crippen molar-refractivity contribution >= 4 is 34.4 Å². The van der Waals surface area contributed by atoms with Crippen LogP contribution in [0.5, 0.6) is 5.75 Å². The lowest BCUT2D eigenvalue weighted by Crippen LogP contribution is -2.27. The maximum absolute atomic E-state index is 12.1. The van der Waals surface area contributed by atoms with Gasteiger partial charge in [0, 0.05) is 23.2 Å². The zero-order valence-corrected chi connectivity index (χ0v) is 20.3. The van der Waals surface area contributed by atoms with Crippen LogP contribution in [0.4, 0.5) is 10.5 Å². The first kappa shape index (κ1) is 23.1. The Labute approximate surface area is 198 Å². The van der Waals surface area contributed by atoms with Gasteiger partial charge in [-0.2, -0.15) is 5.26 Å². The fourth-order valence-electron chi connectivity index (χ4n) is 4.06. The number of nitrogens with zero attached hydrogens (tertiary/aromatic N) is 2. The van der Waals surface area contributed by atoms with E-state index < -0.39 is 11.7 Å². The largest absolute Gasteiger partial charge is 0.483 e. The summed E-state index contributed by atoms with van der Waals surface area (Å²) in [4.78, 5) is 12.1. The molecule has 4 rings (SSSR count). The highest BCUT2D eigenvalue weighted by atomic mass is 32.2. The lowest BCUT2D eigenvalue weighted by molar-refractivity contribution is 0.0636. The fraction of sp³-hybridized carbons (Fsp3) is 0.385. The number of nitriles is 1. The minimum Gasteiger partial charge on any atom is -0.483 e. The Kier molecular flexibility index (Phi) is 6.57. The molecule has 1 saturated carbocycles. The van der Waals surface area contributed by atoms with Gasteiger partial charge in [0.1, 0.15) is 23.4 Å². The van der Waals surface area contributed by atoms with Crippen LogP contribution in [0.25, 0.3) is 22.2 Å². The molecule has 1 fully saturated rings. The molecule has 0 spiro atoms. The van der Waals surface area contributed by atoms with Gasteiger partial charge >= 0.3 is 6.09 Å². The summed E-state index contributed by atoms with van der Waals surface area (Å²) in [7, 11) is 0. The normalized spacial score (nSPS) is 13.9. The van der Waals surface area contributed by atoms with E-state index in [1.54, 1.807) is 11.8 Å². The first-order chi connectivity index (χ1) is 15.8. The van der Waals surface area contributed by atoms with Crippen molar-refractivity contribution in [2.45, 2.75) is 51.7 Å². The van der Waals surface area contributed by atoms with Gasteiger partial charge in [0.15, 0.2) is 0 Å². The van der Waals surface area contributed by atoms with Gasteiger partial charge in [-0.05, 0) is 76.1 Å². The maximum Gasteiger partial charge on any atom is 0.412 e. The van der Waals surface area contributed by atoms with Crippen LogP contribution < -0.4 is 10.1 Å². The van der Waals surface area contributed by atoms with Crippen molar-refractivity contribution in [3.63, 3.8) is 0 Å². The molecule has 6 nitrogen and oxygen atoms in total. The Morgan fingerprint density at radius 1 is 1.21 bits per heavy atom. The molecule has 1 heterocycles. The minimum absolute atomic E-state index is 0.361. The summed E-state index contributed by atoms with van der Waals surface area (Å²) in [5, 5.41) is 13.8. The van der Waals surface area contributed by atoms with Crippen LogP contribution in [0.3, 0.4) is 0 Å². The lowest BCUT2D eigenvalue weighted by atomic mass is 9.92. The van der Waals surface area contributed by atoms with Gasteiger partial charge in [0.05, 0.1) is 16.8 Å². The standard InChI is InChI=1S/C26H29N3O3S/c1-26(2,3)32-25(30)28-18-10-8-17(9-11-18)24-22(15-27)21-13-12-20(31-16-33-4)14-23(21)29(24)19-6-5-7-19/h8-14,19H,5-7,16H2,1-4H3,(H,28,30). The highest BCUT2D eigenvalue weighted by molar-refractivity contribution is 7.98. The molecule has 0 bridgehead atoms. The summed E-state index contributed by atoms with van der Waals surface area (Å²) in [5.41, 5.74) is 3.64. The van der Waals surface area contributed by atoms with E-state index in [1.807, 2.05) is 69.5 Å². The molecular formula is C26H29N3O3S. The van der Waals surface area contributed by atoms with E-state index in [2.05, 4.69) is 16.0 Å². The number of aromatic nitrogens is 1. The Morgan fingerprint density at radius 3 is 2.52 bits per heavy atom. The molecule has 0 aliphatic heterocycles. The third-order valence-corrected chi connectivity index (χ3v) is 6.03. The van der Waals surface area contributed by atoms with E-state index in [-0.39, 0.29) is 0 Å². The summed E-state index contributed by atoms with van der Waals surface area (Å²) in [6.07, 6.45) is 4.89. The van der Waals surface area contributed by atoms with Gasteiger partial charge in [0.25, 0.3) is 0 Å². The Hall–Kier alpha value is -3.11. The molecule has 1 amide bonds. The lowest BCUT2D eigenvalue weighted by Gasteiger charge is -2.30. The van der Waals surface area contributed by atoms with Gasteiger partial charge in [-0.15, -0.1) is 11.8 Å². The van der Waals surface area contributed by atoms with Crippen LogP contribution in [-0.2, 0) is 4.74 Å². The summed E-state index contributed by atoms with van der Waals surface area (Å²) < 4.78 is 13.5. The number of amides is 1. The summed E-state index contributed by atoms with van der Waals surface area (Å²) in [5.74, 6) is 1.39. The number of ether oxygens (including phenoxy) is 2. The van der Waals surface area contributed by atoms with Crippen molar-refractivity contribution in [3.05, 3.63) is 48.0 Å². The van der Waals surface area contributed by atoms with Crippen LogP contribution in [0.15, 0.2) is 42.5 Å². The average Bonchev–Trinajstić information content (AvgIpc) is 3.03. The van der Waals surface area contributed by atoms with Gasteiger partial charge < -0.3 is 14.0 Å². The minimum atomic E-state index is -0.562. The molecule has 33 heavy (non-hydrogen) atoms. The smallest absolute Gasteiger partial charge is 0.412 e. The topological polar surface area (TPSA) is 76.3 Å². The van der Waals surface area contributed by atoms with Gasteiger partial charge in [-0.3, -0.25) is 5.32 Å². The Balaban J connectivity index is 1.73. The molecule has 0 radical (unpaired) electrons. The third kappa shape index (κ3) is 4.96. The molecule has 0 atom stereocenters. The molecule has 0 saturated heterocycles. The zero-order chi connectivity index (χ0) is 23.6. The summed E-state index contributed by atoms with van der Waals surface area (Å²) >= 11 is 1.63. The molecule has 1 N–H and O–H groups in total. The van der Waals surface area contributed by atoms with Crippen molar-refractivity contribution in [2.75, 3.05) is 17.5 Å². The second-order valence-corrected chi connectivity index (χ2v) is 10.0. The van der Waals surface area contributed by atoms with Gasteiger partial charge in [-0.1, -0.05) is 12.1 Å². The van der Waals surface area contributed by atoms with E-state index in [0.717, 1.165) is 40.8 Å². The third-order valence-electron chi connectivity index (χ3n) is 5.67. The number of carbonyl (C=O) groups is 1. The van der Waals surface area contributed by atoms with Crippen LogP contribution in [0.2, 0.25) is 0 Å². The number of anilines is 1. The fourth-order valence-corrected chi connectivity index (χ4v) is 4.31. The predicted octanol–water partition coefficient (Wildman–Crippen LogP) is 6.95. The van der Waals surface area contributed by atoms with Crippen LogP contribution in [0.1, 0.15) is 51.6 Å². The molecule has 1 aliphatic rings. The zero-order valence-electron chi connectivity index (χ0n) is 19.5. The highest BCUT2D eigenvalue weighted by Gasteiger charge is 2.28. The Bertz CT molecular complexity index is 1200. The Morgan fingerprint density at radius 2 is 1.94 bits per heavy atom. The second-order valence-electron chi connectivity index (χ2n) is 9.22. The van der Waals surface area contributed by atoms with Gasteiger partial charge in [-0.25, -0.2) is 4.79 Å². The maximum atomic E-state index is 12.1. The first-order valence-electron chi connectivity index (χ1n) is 11.1. The number of benzene rings is 2. The molecular weight excluding hydrogens is 434 g/mol. The molecule has 3 aromatic rings. The number of hydrogen-bond donors (Lipinski definition) is 1. The number of hydrogen-bond acceptors (Lipinski definition) is 5. The summed E-state index contributed by atoms with van der Waals surface area (Å²) in [6.45, 7) is 5.49. The molecule has 172 valence electrons. The van der Waals surface area contributed by atoms with Gasteiger partial charge in [0.2, 0.25) is 0 Å². The average molecular weight is 464 g/mol. The second kappa shape index (κ2) is 9.40. The van der Waals surface area contributed by atoms with E-state index >= 15 is 0 Å². The number of nitrogens with one attached hydrogen (secondary N) is 1. The van der Waals surface area contributed by atoms with Crippen LogP contribution in [0, 0.1) is 11.3 Å². The molecule has 7 heteroatoms. The van der Waals surface area contributed by atoms with Crippen LogP contribution in [-0.4, -0.2) is 28.5 Å². The van der Waals surface area contributed by atoms with E-state index in [9.17, 15) is 10.1 Å². The van der Waals surface area contributed by atoms with Crippen molar-refractivity contribution in [2.24, 2.45) is 0 Å². The van der Waals surface area contributed by atoms with E-state index in [0.29, 0.717) is 23.2 Å². The number of fused-ring (bicyclic) bond motifs is 1. The highest BCUT2D eigenvalue weighted by Crippen LogP contribution is 2.43. The van der Waals surface area contributed by atoms with Crippen molar-refractivity contribution in [1.82, 2.24) is 4.57 Å². The molecule has 1 aliphatic carbocycles. The van der Waals surface area contributed by atoms with E-state index in [4.69, 9.17) is 9.47 Å². The van der Waals surface area contributed by atoms with Crippen LogP contribution >= 0.6 is 11.8 Å².